The van der Waals surface area contributed by atoms with Gasteiger partial charge in [-0.15, -0.1) is 0 Å². The number of benzene rings is 2. The van der Waals surface area contributed by atoms with Crippen molar-refractivity contribution in [2.45, 2.75) is 59.0 Å². The number of hydrogen-bond acceptors (Lipinski definition) is 2. The number of unbranched alkanes of at least 4 members (excludes halogenated alkanes) is 2. The minimum Gasteiger partial charge on any atom is -0.457 e. The second-order valence-electron chi connectivity index (χ2n) is 6.64. The number of carbonyl (C=O) groups excluding carboxylic acids is 1. The van der Waals surface area contributed by atoms with E-state index < -0.39 is 0 Å². The molecule has 2 rings (SSSR count). The SMILES string of the molecule is CCCCCC(=O)N(Cc1cccc(Oc2ccccc2)c1)C(C)C. The topological polar surface area (TPSA) is 29.5 Å². The number of amides is 1. The van der Waals surface area contributed by atoms with Crippen LogP contribution in [0.4, 0.5) is 0 Å². The quantitative estimate of drug-likeness (QED) is 0.541. The summed E-state index contributed by atoms with van der Waals surface area (Å²) in [7, 11) is 0. The summed E-state index contributed by atoms with van der Waals surface area (Å²) in [4.78, 5) is 14.5. The first kappa shape index (κ1) is 19.0. The van der Waals surface area contributed by atoms with Crippen molar-refractivity contribution in [2.75, 3.05) is 0 Å². The van der Waals surface area contributed by atoms with Crippen LogP contribution >= 0.6 is 0 Å². The van der Waals surface area contributed by atoms with E-state index in [2.05, 4.69) is 20.8 Å². The van der Waals surface area contributed by atoms with E-state index in [1.54, 1.807) is 0 Å². The molecule has 0 aliphatic heterocycles. The molecule has 3 heteroatoms. The fraction of sp³-hybridized carbons (Fsp3) is 0.409. The minimum atomic E-state index is 0.188. The highest BCUT2D eigenvalue weighted by molar-refractivity contribution is 5.76. The lowest BCUT2D eigenvalue weighted by Crippen LogP contribution is -2.36. The first-order valence-corrected chi connectivity index (χ1v) is 9.21. The van der Waals surface area contributed by atoms with Crippen LogP contribution in [0.5, 0.6) is 11.5 Å². The van der Waals surface area contributed by atoms with Crippen LogP contribution in [0.1, 0.15) is 52.0 Å². The Morgan fingerprint density at radius 2 is 1.72 bits per heavy atom. The van der Waals surface area contributed by atoms with Gasteiger partial charge in [-0.1, -0.05) is 50.1 Å². The lowest BCUT2D eigenvalue weighted by Gasteiger charge is -2.27. The highest BCUT2D eigenvalue weighted by Crippen LogP contribution is 2.23. The van der Waals surface area contributed by atoms with Gasteiger partial charge >= 0.3 is 0 Å². The fourth-order valence-corrected chi connectivity index (χ4v) is 2.76. The monoisotopic (exact) mass is 339 g/mol. The standard InChI is InChI=1S/C22H29NO2/c1-4-5-7-15-22(24)23(18(2)3)17-19-11-10-14-21(16-19)25-20-12-8-6-9-13-20/h6,8-14,16,18H,4-5,7,15,17H2,1-3H3. The Kier molecular flexibility index (Phi) is 7.52. The van der Waals surface area contributed by atoms with E-state index in [1.165, 1.54) is 0 Å². The maximum absolute atomic E-state index is 12.5. The molecule has 0 aliphatic carbocycles. The van der Waals surface area contributed by atoms with Crippen LogP contribution in [0, 0.1) is 0 Å². The van der Waals surface area contributed by atoms with Crippen molar-refractivity contribution in [3.05, 3.63) is 60.2 Å². The van der Waals surface area contributed by atoms with Crippen molar-refractivity contribution in [2.24, 2.45) is 0 Å². The summed E-state index contributed by atoms with van der Waals surface area (Å²) in [5.41, 5.74) is 1.09. The summed E-state index contributed by atoms with van der Waals surface area (Å²) >= 11 is 0. The highest BCUT2D eigenvalue weighted by Gasteiger charge is 2.17. The smallest absolute Gasteiger partial charge is 0.223 e. The summed E-state index contributed by atoms with van der Waals surface area (Å²) in [6.07, 6.45) is 3.84. The second kappa shape index (κ2) is 9.87. The maximum Gasteiger partial charge on any atom is 0.223 e. The summed E-state index contributed by atoms with van der Waals surface area (Å²) in [5.74, 6) is 1.85. The summed E-state index contributed by atoms with van der Waals surface area (Å²) in [6, 6.07) is 17.9. The Morgan fingerprint density at radius 3 is 2.40 bits per heavy atom. The number of nitrogens with zero attached hydrogens (tertiary/aromatic N) is 1. The first-order chi connectivity index (χ1) is 12.1. The Hall–Kier alpha value is -2.29. The zero-order valence-electron chi connectivity index (χ0n) is 15.6. The Balaban J connectivity index is 2.03. The summed E-state index contributed by atoms with van der Waals surface area (Å²) < 4.78 is 5.90. The zero-order valence-corrected chi connectivity index (χ0v) is 15.6. The van der Waals surface area contributed by atoms with Crippen LogP contribution in [0.25, 0.3) is 0 Å². The Bertz CT molecular complexity index is 652. The molecular formula is C22H29NO2. The van der Waals surface area contributed by atoms with Gasteiger partial charge in [0.2, 0.25) is 5.91 Å². The third-order valence-corrected chi connectivity index (χ3v) is 4.17. The number of para-hydroxylation sites is 1. The van der Waals surface area contributed by atoms with Crippen molar-refractivity contribution in [1.82, 2.24) is 4.90 Å². The molecule has 0 aromatic heterocycles. The number of carbonyl (C=O) groups is 1. The van der Waals surface area contributed by atoms with Crippen molar-refractivity contribution in [3.63, 3.8) is 0 Å². The fourth-order valence-electron chi connectivity index (χ4n) is 2.76. The molecule has 0 unspecified atom stereocenters. The average Bonchev–Trinajstić information content (AvgIpc) is 2.61. The van der Waals surface area contributed by atoms with Crippen LogP contribution in [0.3, 0.4) is 0 Å². The van der Waals surface area contributed by atoms with Gasteiger partial charge in [0.25, 0.3) is 0 Å². The van der Waals surface area contributed by atoms with Crippen molar-refractivity contribution < 1.29 is 9.53 Å². The molecule has 0 atom stereocenters. The average molecular weight is 339 g/mol. The van der Waals surface area contributed by atoms with Gasteiger partial charge in [-0.2, -0.15) is 0 Å². The third-order valence-electron chi connectivity index (χ3n) is 4.17. The molecule has 0 aliphatic rings. The van der Waals surface area contributed by atoms with Crippen molar-refractivity contribution in [3.8, 4) is 11.5 Å². The highest BCUT2D eigenvalue weighted by atomic mass is 16.5. The normalized spacial score (nSPS) is 10.7. The van der Waals surface area contributed by atoms with Crippen LogP contribution in [-0.2, 0) is 11.3 Å². The van der Waals surface area contributed by atoms with Crippen LogP contribution in [0.2, 0.25) is 0 Å². The second-order valence-corrected chi connectivity index (χ2v) is 6.64. The summed E-state index contributed by atoms with van der Waals surface area (Å²) in [6.45, 7) is 6.92. The molecule has 134 valence electrons. The Morgan fingerprint density at radius 1 is 1.00 bits per heavy atom. The molecule has 0 spiro atoms. The lowest BCUT2D eigenvalue weighted by atomic mass is 10.1. The van der Waals surface area contributed by atoms with E-state index in [1.807, 2.05) is 59.5 Å². The molecule has 25 heavy (non-hydrogen) atoms. The minimum absolute atomic E-state index is 0.188. The van der Waals surface area contributed by atoms with E-state index in [-0.39, 0.29) is 11.9 Å². The predicted octanol–water partition coefficient (Wildman–Crippen LogP) is 5.80. The lowest BCUT2D eigenvalue weighted by molar-refractivity contribution is -0.133. The van der Waals surface area contributed by atoms with Gasteiger partial charge in [-0.25, -0.2) is 0 Å². The van der Waals surface area contributed by atoms with E-state index in [0.29, 0.717) is 13.0 Å². The molecule has 1 amide bonds. The molecule has 0 heterocycles. The van der Waals surface area contributed by atoms with E-state index in [0.717, 1.165) is 36.3 Å². The van der Waals surface area contributed by atoms with E-state index in [4.69, 9.17) is 4.74 Å². The molecule has 0 radical (unpaired) electrons. The van der Waals surface area contributed by atoms with Crippen LogP contribution < -0.4 is 4.74 Å². The van der Waals surface area contributed by atoms with Gasteiger partial charge in [-0.3, -0.25) is 4.79 Å². The van der Waals surface area contributed by atoms with Gasteiger partial charge in [-0.05, 0) is 50.1 Å². The summed E-state index contributed by atoms with van der Waals surface area (Å²) in [5, 5.41) is 0. The van der Waals surface area contributed by atoms with Gasteiger partial charge in [0.15, 0.2) is 0 Å². The molecule has 0 N–H and O–H groups in total. The maximum atomic E-state index is 12.5. The molecule has 0 saturated carbocycles. The zero-order chi connectivity index (χ0) is 18.1. The predicted molar refractivity (Wildman–Crippen MR) is 103 cm³/mol. The molecular weight excluding hydrogens is 310 g/mol. The molecule has 2 aromatic rings. The molecule has 2 aromatic carbocycles. The third kappa shape index (κ3) is 6.26. The van der Waals surface area contributed by atoms with Crippen LogP contribution in [0.15, 0.2) is 54.6 Å². The van der Waals surface area contributed by atoms with Gasteiger partial charge in [0, 0.05) is 19.0 Å². The molecule has 0 fully saturated rings. The molecule has 3 nitrogen and oxygen atoms in total. The van der Waals surface area contributed by atoms with Gasteiger partial charge in [0.05, 0.1) is 0 Å². The Labute approximate surface area is 151 Å². The van der Waals surface area contributed by atoms with Crippen LogP contribution in [-0.4, -0.2) is 16.8 Å². The number of hydrogen-bond donors (Lipinski definition) is 0. The van der Waals surface area contributed by atoms with E-state index >= 15 is 0 Å². The first-order valence-electron chi connectivity index (χ1n) is 9.21. The van der Waals surface area contributed by atoms with Crippen molar-refractivity contribution >= 4 is 5.91 Å². The van der Waals surface area contributed by atoms with Crippen molar-refractivity contribution in [1.29, 1.82) is 0 Å². The number of rotatable bonds is 9. The van der Waals surface area contributed by atoms with Gasteiger partial charge < -0.3 is 9.64 Å². The largest absolute Gasteiger partial charge is 0.457 e. The molecule has 0 saturated heterocycles. The van der Waals surface area contributed by atoms with Gasteiger partial charge in [0.1, 0.15) is 11.5 Å². The number of ether oxygens (including phenoxy) is 1. The molecule has 0 bridgehead atoms. The van der Waals surface area contributed by atoms with E-state index in [9.17, 15) is 4.79 Å².